The maximum absolute atomic E-state index is 12.6. The molecule has 2 aromatic rings. The van der Waals surface area contributed by atoms with Crippen molar-refractivity contribution >= 4 is 23.4 Å². The molecule has 2 aromatic carbocycles. The van der Waals surface area contributed by atoms with E-state index in [4.69, 9.17) is 11.6 Å². The quantitative estimate of drug-likeness (QED) is 0.867. The van der Waals surface area contributed by atoms with Gasteiger partial charge in [-0.15, -0.1) is 0 Å². The van der Waals surface area contributed by atoms with Crippen molar-refractivity contribution in [2.75, 3.05) is 6.54 Å². The van der Waals surface area contributed by atoms with Gasteiger partial charge in [-0.2, -0.15) is 5.06 Å². The van der Waals surface area contributed by atoms with Crippen molar-refractivity contribution in [1.82, 2.24) is 9.96 Å². The summed E-state index contributed by atoms with van der Waals surface area (Å²) in [5.74, 6) is -0.857. The van der Waals surface area contributed by atoms with Crippen LogP contribution < -0.4 is 0 Å². The highest BCUT2D eigenvalue weighted by Gasteiger charge is 2.41. The standard InChI is InChI=1S/C16H13ClN2O3/c17-13-8-4-7-12(9-13)15-18(10-14(20)19(15)22)16(21)11-5-2-1-3-6-11/h1-9,15,22H,10H2. The maximum atomic E-state index is 12.6. The Morgan fingerprint density at radius 2 is 1.86 bits per heavy atom. The van der Waals surface area contributed by atoms with Crippen LogP contribution in [0.1, 0.15) is 22.1 Å². The Morgan fingerprint density at radius 3 is 2.55 bits per heavy atom. The molecule has 1 aliphatic heterocycles. The van der Waals surface area contributed by atoms with Crippen molar-refractivity contribution in [3.05, 3.63) is 70.7 Å². The molecule has 22 heavy (non-hydrogen) atoms. The first-order valence-corrected chi connectivity index (χ1v) is 7.08. The third kappa shape index (κ3) is 2.56. The number of hydrogen-bond donors (Lipinski definition) is 1. The molecule has 6 heteroatoms. The number of carbonyl (C=O) groups excluding carboxylic acids is 2. The first-order valence-electron chi connectivity index (χ1n) is 6.70. The Balaban J connectivity index is 1.99. The number of hydrogen-bond acceptors (Lipinski definition) is 3. The van der Waals surface area contributed by atoms with Crippen LogP contribution in [-0.4, -0.2) is 33.5 Å². The SMILES string of the molecule is O=C1CN(C(=O)c2ccccc2)C(c2cccc(Cl)c2)N1O. The molecular formula is C16H13ClN2O3. The van der Waals surface area contributed by atoms with Gasteiger partial charge in [-0.25, -0.2) is 0 Å². The van der Waals surface area contributed by atoms with Gasteiger partial charge in [0.05, 0.1) is 0 Å². The van der Waals surface area contributed by atoms with E-state index in [0.717, 1.165) is 0 Å². The minimum absolute atomic E-state index is 0.179. The molecule has 2 amide bonds. The molecule has 1 atom stereocenters. The Hall–Kier alpha value is -2.37. The van der Waals surface area contributed by atoms with Crippen molar-refractivity contribution < 1.29 is 14.8 Å². The number of halogens is 1. The van der Waals surface area contributed by atoms with Crippen LogP contribution in [0.5, 0.6) is 0 Å². The Morgan fingerprint density at radius 1 is 1.14 bits per heavy atom. The molecule has 1 fully saturated rings. The van der Waals surface area contributed by atoms with Gasteiger partial charge in [0.15, 0.2) is 6.17 Å². The van der Waals surface area contributed by atoms with Crippen molar-refractivity contribution in [3.63, 3.8) is 0 Å². The number of amides is 2. The van der Waals surface area contributed by atoms with Crippen LogP contribution >= 0.6 is 11.6 Å². The van der Waals surface area contributed by atoms with Crippen LogP contribution in [-0.2, 0) is 4.79 Å². The van der Waals surface area contributed by atoms with Gasteiger partial charge in [0.1, 0.15) is 6.54 Å². The number of nitrogens with zero attached hydrogens (tertiary/aromatic N) is 2. The second kappa shape index (κ2) is 5.79. The lowest BCUT2D eigenvalue weighted by Gasteiger charge is -2.26. The monoisotopic (exact) mass is 316 g/mol. The van der Waals surface area contributed by atoms with Gasteiger partial charge in [0, 0.05) is 10.6 Å². The predicted octanol–water partition coefficient (Wildman–Crippen LogP) is 2.71. The predicted molar refractivity (Wildman–Crippen MR) is 80.3 cm³/mol. The zero-order valence-corrected chi connectivity index (χ0v) is 12.3. The summed E-state index contributed by atoms with van der Waals surface area (Å²) in [6.45, 7) is -0.179. The second-order valence-electron chi connectivity index (χ2n) is 4.97. The summed E-state index contributed by atoms with van der Waals surface area (Å²) >= 11 is 5.96. The third-order valence-electron chi connectivity index (χ3n) is 3.52. The molecule has 1 saturated heterocycles. The number of rotatable bonds is 2. The Labute approximate surface area is 132 Å². The fourth-order valence-corrected chi connectivity index (χ4v) is 2.69. The van der Waals surface area contributed by atoms with Crippen LogP contribution in [0.3, 0.4) is 0 Å². The van der Waals surface area contributed by atoms with Gasteiger partial charge < -0.3 is 4.90 Å². The summed E-state index contributed by atoms with van der Waals surface area (Å²) in [6.07, 6.45) is -0.876. The highest BCUT2D eigenvalue weighted by molar-refractivity contribution is 6.30. The number of benzene rings is 2. The Bertz CT molecular complexity index is 720. The van der Waals surface area contributed by atoms with E-state index < -0.39 is 12.1 Å². The van der Waals surface area contributed by atoms with E-state index >= 15 is 0 Å². The van der Waals surface area contributed by atoms with E-state index in [1.807, 2.05) is 0 Å². The summed E-state index contributed by atoms with van der Waals surface area (Å²) in [6, 6.07) is 15.4. The lowest BCUT2D eigenvalue weighted by atomic mass is 10.1. The molecule has 0 radical (unpaired) electrons. The van der Waals surface area contributed by atoms with E-state index in [9.17, 15) is 14.8 Å². The summed E-state index contributed by atoms with van der Waals surface area (Å²) in [5.41, 5.74) is 1.03. The highest BCUT2D eigenvalue weighted by Crippen LogP contribution is 2.31. The molecular weight excluding hydrogens is 304 g/mol. The highest BCUT2D eigenvalue weighted by atomic mass is 35.5. The minimum atomic E-state index is -0.876. The van der Waals surface area contributed by atoms with Crippen LogP contribution in [0.4, 0.5) is 0 Å². The van der Waals surface area contributed by atoms with Gasteiger partial charge in [-0.1, -0.05) is 41.9 Å². The van der Waals surface area contributed by atoms with Crippen molar-refractivity contribution in [2.24, 2.45) is 0 Å². The van der Waals surface area contributed by atoms with Crippen LogP contribution in [0.15, 0.2) is 54.6 Å². The maximum Gasteiger partial charge on any atom is 0.267 e. The lowest BCUT2D eigenvalue weighted by Crippen LogP contribution is -2.34. The van der Waals surface area contributed by atoms with Crippen LogP contribution in [0.25, 0.3) is 0 Å². The van der Waals surface area contributed by atoms with Crippen LogP contribution in [0, 0.1) is 0 Å². The van der Waals surface area contributed by atoms with E-state index in [0.29, 0.717) is 21.2 Å². The van der Waals surface area contributed by atoms with E-state index in [2.05, 4.69) is 0 Å². The smallest absolute Gasteiger partial charge is 0.267 e. The van der Waals surface area contributed by atoms with Crippen molar-refractivity contribution in [3.8, 4) is 0 Å². The molecule has 5 nitrogen and oxygen atoms in total. The topological polar surface area (TPSA) is 60.9 Å². The molecule has 1 N–H and O–H groups in total. The molecule has 1 unspecified atom stereocenters. The molecule has 0 bridgehead atoms. The van der Waals surface area contributed by atoms with Gasteiger partial charge in [-0.05, 0) is 29.8 Å². The average Bonchev–Trinajstić information content (AvgIpc) is 2.83. The third-order valence-corrected chi connectivity index (χ3v) is 3.75. The first-order chi connectivity index (χ1) is 10.6. The van der Waals surface area contributed by atoms with Crippen molar-refractivity contribution in [1.29, 1.82) is 0 Å². The second-order valence-corrected chi connectivity index (χ2v) is 5.40. The zero-order chi connectivity index (χ0) is 15.7. The molecule has 0 spiro atoms. The summed E-state index contributed by atoms with van der Waals surface area (Å²) in [5, 5.41) is 11.1. The molecule has 1 heterocycles. The van der Waals surface area contributed by atoms with E-state index in [1.54, 1.807) is 54.6 Å². The summed E-state index contributed by atoms with van der Waals surface area (Å²) in [4.78, 5) is 25.8. The molecule has 112 valence electrons. The summed E-state index contributed by atoms with van der Waals surface area (Å²) < 4.78 is 0. The van der Waals surface area contributed by atoms with Crippen LogP contribution in [0.2, 0.25) is 5.02 Å². The number of carbonyl (C=O) groups is 2. The zero-order valence-electron chi connectivity index (χ0n) is 11.5. The fourth-order valence-electron chi connectivity index (χ4n) is 2.49. The van der Waals surface area contributed by atoms with Gasteiger partial charge in [0.25, 0.3) is 11.8 Å². The van der Waals surface area contributed by atoms with Gasteiger partial charge >= 0.3 is 0 Å². The first kappa shape index (κ1) is 14.6. The normalized spacial score (nSPS) is 17.9. The van der Waals surface area contributed by atoms with Crippen molar-refractivity contribution in [2.45, 2.75) is 6.17 Å². The van der Waals surface area contributed by atoms with E-state index in [-0.39, 0.29) is 12.5 Å². The number of hydroxylamine groups is 2. The van der Waals surface area contributed by atoms with Gasteiger partial charge in [-0.3, -0.25) is 14.8 Å². The van der Waals surface area contributed by atoms with E-state index in [1.165, 1.54) is 4.90 Å². The molecule has 0 saturated carbocycles. The molecule has 0 aromatic heterocycles. The molecule has 1 aliphatic rings. The summed E-state index contributed by atoms with van der Waals surface area (Å²) in [7, 11) is 0. The minimum Gasteiger partial charge on any atom is -0.302 e. The lowest BCUT2D eigenvalue weighted by molar-refractivity contribution is -0.168. The molecule has 3 rings (SSSR count). The molecule has 0 aliphatic carbocycles. The van der Waals surface area contributed by atoms with Gasteiger partial charge in [0.2, 0.25) is 0 Å². The largest absolute Gasteiger partial charge is 0.302 e. The average molecular weight is 317 g/mol. The Kier molecular flexibility index (Phi) is 3.83. The fraction of sp³-hybridized carbons (Fsp3) is 0.125.